The summed E-state index contributed by atoms with van der Waals surface area (Å²) in [4.78, 5) is 15.8. The number of benzene rings is 11. The van der Waals surface area contributed by atoms with Crippen LogP contribution >= 0.6 is 0 Å². The lowest BCUT2D eigenvalue weighted by Gasteiger charge is -2.13. The molecule has 0 aliphatic rings. The molecule has 316 valence electrons. The molecule has 3 heterocycles. The fourth-order valence-corrected chi connectivity index (χ4v) is 10.7. The molecule has 0 radical (unpaired) electrons. The van der Waals surface area contributed by atoms with Crippen molar-refractivity contribution in [2.24, 2.45) is 0 Å². The predicted molar refractivity (Wildman–Crippen MR) is 283 cm³/mol. The van der Waals surface area contributed by atoms with Gasteiger partial charge in [-0.1, -0.05) is 200 Å². The van der Waals surface area contributed by atoms with Crippen molar-refractivity contribution in [3.8, 4) is 56.7 Å². The Morgan fingerprint density at radius 3 is 1.38 bits per heavy atom. The van der Waals surface area contributed by atoms with Crippen LogP contribution in [0.25, 0.3) is 133 Å². The van der Waals surface area contributed by atoms with Gasteiger partial charge in [0.25, 0.3) is 0 Å². The molecule has 0 saturated heterocycles. The second-order valence-electron chi connectivity index (χ2n) is 17.6. The quantitative estimate of drug-likeness (QED) is 0.156. The van der Waals surface area contributed by atoms with Gasteiger partial charge in [-0.2, -0.15) is 9.97 Å². The lowest BCUT2D eigenvalue weighted by atomic mass is 9.92. The van der Waals surface area contributed by atoms with Crippen LogP contribution in [0.5, 0.6) is 0 Å². The number of fused-ring (bicyclic) bond motifs is 13. The Kier molecular flexibility index (Phi) is 8.52. The Morgan fingerprint density at radius 1 is 0.250 bits per heavy atom. The molecule has 0 N–H and O–H groups in total. The van der Waals surface area contributed by atoms with E-state index in [4.69, 9.17) is 15.0 Å². The first-order valence-electron chi connectivity index (χ1n) is 23.1. The Balaban J connectivity index is 0.989. The molecule has 14 aromatic rings. The van der Waals surface area contributed by atoms with Gasteiger partial charge in [0.2, 0.25) is 5.95 Å². The van der Waals surface area contributed by atoms with Gasteiger partial charge in [-0.3, -0.25) is 4.57 Å². The minimum Gasteiger partial charge on any atom is -0.309 e. The maximum atomic E-state index is 5.36. The van der Waals surface area contributed by atoms with Crippen LogP contribution in [-0.2, 0) is 0 Å². The van der Waals surface area contributed by atoms with E-state index in [1.54, 1.807) is 0 Å². The summed E-state index contributed by atoms with van der Waals surface area (Å²) in [6.07, 6.45) is 0. The standard InChI is InChI=1S/C63H39N5/c1-3-16-40(17-4-1)41-30-32-43(33-31-41)62-64-61(42-18-5-2-6-19-42)65-63(66-62)68-56-28-13-11-26-52(56)53-36-37-58-59(60(53)68)54-27-12-14-29-57(54)67(58)46-21-15-20-44(38-46)45-34-35-51-49-24-8-7-22-47(49)48-23-9-10-25-50(48)55(51)39-45/h1-39H. The number of nitrogens with zero attached hydrogens (tertiary/aromatic N) is 5. The molecule has 0 atom stereocenters. The van der Waals surface area contributed by atoms with Gasteiger partial charge in [-0.15, -0.1) is 0 Å². The van der Waals surface area contributed by atoms with Crippen molar-refractivity contribution in [2.45, 2.75) is 0 Å². The maximum Gasteiger partial charge on any atom is 0.238 e. The monoisotopic (exact) mass is 865 g/mol. The molecule has 11 aromatic carbocycles. The van der Waals surface area contributed by atoms with Gasteiger partial charge in [0.05, 0.1) is 22.1 Å². The average Bonchev–Trinajstić information content (AvgIpc) is 3.94. The van der Waals surface area contributed by atoms with Crippen molar-refractivity contribution in [3.63, 3.8) is 0 Å². The third-order valence-electron chi connectivity index (χ3n) is 13.8. The summed E-state index contributed by atoms with van der Waals surface area (Å²) in [6, 6.07) is 84.6. The molecule has 5 heteroatoms. The van der Waals surface area contributed by atoms with Crippen molar-refractivity contribution in [1.29, 1.82) is 0 Å². The minimum atomic E-state index is 0.565. The molecule has 3 aromatic heterocycles. The van der Waals surface area contributed by atoms with E-state index in [0.717, 1.165) is 77.1 Å². The van der Waals surface area contributed by atoms with E-state index < -0.39 is 0 Å². The van der Waals surface area contributed by atoms with Crippen molar-refractivity contribution < 1.29 is 0 Å². The third-order valence-corrected chi connectivity index (χ3v) is 13.8. The normalized spacial score (nSPS) is 11.8. The number of para-hydroxylation sites is 2. The topological polar surface area (TPSA) is 48.5 Å². The van der Waals surface area contributed by atoms with E-state index in [0.29, 0.717) is 17.6 Å². The van der Waals surface area contributed by atoms with Gasteiger partial charge >= 0.3 is 0 Å². The number of hydrogen-bond acceptors (Lipinski definition) is 3. The summed E-state index contributed by atoms with van der Waals surface area (Å²) in [5.41, 5.74) is 11.9. The molecule has 14 rings (SSSR count). The summed E-state index contributed by atoms with van der Waals surface area (Å²) in [5, 5.41) is 12.2. The molecule has 0 aliphatic heterocycles. The van der Waals surface area contributed by atoms with Gasteiger partial charge in [-0.05, 0) is 91.0 Å². The molecular formula is C63H39N5. The van der Waals surface area contributed by atoms with Gasteiger partial charge < -0.3 is 4.57 Å². The molecule has 0 unspecified atom stereocenters. The van der Waals surface area contributed by atoms with Crippen LogP contribution in [0.4, 0.5) is 0 Å². The fraction of sp³-hybridized carbons (Fsp3) is 0. The number of rotatable bonds is 6. The predicted octanol–water partition coefficient (Wildman–Crippen LogP) is 16.2. The van der Waals surface area contributed by atoms with Crippen molar-refractivity contribution in [3.05, 3.63) is 237 Å². The van der Waals surface area contributed by atoms with Crippen molar-refractivity contribution >= 4 is 75.9 Å². The molecule has 0 amide bonds. The SMILES string of the molecule is c1ccc(-c2ccc(-c3nc(-c4ccccc4)nc(-n4c5ccccc5c5ccc6c(c7ccccc7n6-c6cccc(-c7ccc8c9ccccc9c9ccccc9c8c7)c6)c54)n3)cc2)cc1. The van der Waals surface area contributed by atoms with Crippen molar-refractivity contribution in [2.75, 3.05) is 0 Å². The van der Waals surface area contributed by atoms with Crippen molar-refractivity contribution in [1.82, 2.24) is 24.1 Å². The summed E-state index contributed by atoms with van der Waals surface area (Å²) in [5.74, 6) is 1.79. The van der Waals surface area contributed by atoms with E-state index in [-0.39, 0.29) is 0 Å². The molecule has 0 aliphatic carbocycles. The second kappa shape index (κ2) is 15.2. The van der Waals surface area contributed by atoms with Gasteiger partial charge in [0.1, 0.15) is 0 Å². The number of aromatic nitrogens is 5. The van der Waals surface area contributed by atoms with Crippen LogP contribution in [0.15, 0.2) is 237 Å². The molecule has 0 saturated carbocycles. The van der Waals surface area contributed by atoms with Gasteiger partial charge in [-0.25, -0.2) is 4.98 Å². The molecule has 5 nitrogen and oxygen atoms in total. The molecule has 0 fully saturated rings. The Morgan fingerprint density at radius 2 is 0.706 bits per heavy atom. The Bertz CT molecular complexity index is 4270. The van der Waals surface area contributed by atoms with E-state index in [1.165, 1.54) is 37.9 Å². The first kappa shape index (κ1) is 38.1. The highest BCUT2D eigenvalue weighted by Crippen LogP contribution is 2.43. The van der Waals surface area contributed by atoms with Crippen LogP contribution in [0.2, 0.25) is 0 Å². The largest absolute Gasteiger partial charge is 0.309 e. The zero-order chi connectivity index (χ0) is 44.7. The Hall–Kier alpha value is -9.19. The summed E-state index contributed by atoms with van der Waals surface area (Å²) >= 11 is 0. The smallest absolute Gasteiger partial charge is 0.238 e. The van der Waals surface area contributed by atoms with E-state index in [2.05, 4.69) is 221 Å². The van der Waals surface area contributed by atoms with Gasteiger partial charge in [0.15, 0.2) is 11.6 Å². The van der Waals surface area contributed by atoms with E-state index >= 15 is 0 Å². The summed E-state index contributed by atoms with van der Waals surface area (Å²) in [7, 11) is 0. The van der Waals surface area contributed by atoms with Crippen LogP contribution in [0, 0.1) is 0 Å². The number of hydrogen-bond donors (Lipinski definition) is 0. The van der Waals surface area contributed by atoms with Crippen LogP contribution in [0.1, 0.15) is 0 Å². The first-order valence-corrected chi connectivity index (χ1v) is 23.1. The molecular weight excluding hydrogens is 827 g/mol. The minimum absolute atomic E-state index is 0.565. The molecule has 0 bridgehead atoms. The lowest BCUT2D eigenvalue weighted by Crippen LogP contribution is -2.06. The zero-order valence-electron chi connectivity index (χ0n) is 36.8. The maximum absolute atomic E-state index is 5.36. The third kappa shape index (κ3) is 5.93. The van der Waals surface area contributed by atoms with Crippen LogP contribution in [0.3, 0.4) is 0 Å². The lowest BCUT2D eigenvalue weighted by molar-refractivity contribution is 0.955. The second-order valence-corrected chi connectivity index (χ2v) is 17.6. The zero-order valence-corrected chi connectivity index (χ0v) is 36.8. The highest BCUT2D eigenvalue weighted by molar-refractivity contribution is 6.27. The first-order chi connectivity index (χ1) is 33.7. The molecule has 0 spiro atoms. The van der Waals surface area contributed by atoms with Crippen LogP contribution in [-0.4, -0.2) is 24.1 Å². The Labute approximate surface area is 391 Å². The average molecular weight is 866 g/mol. The van der Waals surface area contributed by atoms with Crippen LogP contribution < -0.4 is 0 Å². The molecule has 68 heavy (non-hydrogen) atoms. The summed E-state index contributed by atoms with van der Waals surface area (Å²) in [6.45, 7) is 0. The van der Waals surface area contributed by atoms with Gasteiger partial charge in [0, 0.05) is 38.4 Å². The summed E-state index contributed by atoms with van der Waals surface area (Å²) < 4.78 is 4.68. The van der Waals surface area contributed by atoms with E-state index in [9.17, 15) is 0 Å². The van der Waals surface area contributed by atoms with E-state index in [1.807, 2.05) is 24.3 Å². The highest BCUT2D eigenvalue weighted by atomic mass is 15.2. The highest BCUT2D eigenvalue weighted by Gasteiger charge is 2.23. The fourth-order valence-electron chi connectivity index (χ4n) is 10.7.